The molecule has 1 aliphatic rings. The summed E-state index contributed by atoms with van der Waals surface area (Å²) in [6.45, 7) is 0. The number of likely N-dealkylation sites (N-methyl/N-ethyl adjacent to an activating group) is 1. The number of amides is 2. The summed E-state index contributed by atoms with van der Waals surface area (Å²) in [4.78, 5) is 22.0. The lowest BCUT2D eigenvalue weighted by Gasteiger charge is -2.01. The molecule has 0 aromatic carbocycles. The van der Waals surface area contributed by atoms with Gasteiger partial charge in [0.15, 0.2) is 5.11 Å². The van der Waals surface area contributed by atoms with Crippen molar-refractivity contribution in [2.24, 2.45) is 0 Å². The number of hydrogen-bond acceptors (Lipinski definition) is 3. The summed E-state index contributed by atoms with van der Waals surface area (Å²) in [5.41, 5.74) is 0. The Bertz CT molecular complexity index is 201. The Labute approximate surface area is 56.8 Å². The van der Waals surface area contributed by atoms with E-state index < -0.39 is 11.8 Å². The molecule has 1 N–H and O–H groups in total. The maximum atomic E-state index is 10.5. The Kier molecular flexibility index (Phi) is 1.21. The number of hydrogen-bond donors (Lipinski definition) is 1. The highest BCUT2D eigenvalue weighted by Gasteiger charge is 2.30. The molecule has 0 atom stereocenters. The van der Waals surface area contributed by atoms with Gasteiger partial charge in [0.2, 0.25) is 0 Å². The van der Waals surface area contributed by atoms with Crippen LogP contribution in [0.3, 0.4) is 0 Å². The van der Waals surface area contributed by atoms with Crippen LogP contribution in [-0.2, 0) is 9.59 Å². The molecule has 1 saturated heterocycles. The van der Waals surface area contributed by atoms with Gasteiger partial charge in [0.05, 0.1) is 0 Å². The molecule has 0 radical (unpaired) electrons. The molecule has 1 fully saturated rings. The van der Waals surface area contributed by atoms with E-state index in [1.54, 1.807) is 0 Å². The van der Waals surface area contributed by atoms with Crippen LogP contribution in [0.15, 0.2) is 0 Å². The zero-order chi connectivity index (χ0) is 7.02. The third-order valence-corrected chi connectivity index (χ3v) is 1.40. The first-order valence-corrected chi connectivity index (χ1v) is 2.67. The maximum absolute atomic E-state index is 10.5. The molecule has 4 nitrogen and oxygen atoms in total. The molecule has 0 spiro atoms. The van der Waals surface area contributed by atoms with Gasteiger partial charge in [-0.1, -0.05) is 0 Å². The van der Waals surface area contributed by atoms with Crippen LogP contribution in [0.5, 0.6) is 0 Å². The maximum Gasteiger partial charge on any atom is 0.318 e. The van der Waals surface area contributed by atoms with Crippen LogP contribution in [0.25, 0.3) is 0 Å². The van der Waals surface area contributed by atoms with Gasteiger partial charge in [-0.2, -0.15) is 0 Å². The number of rotatable bonds is 0. The van der Waals surface area contributed by atoms with Gasteiger partial charge in [0.25, 0.3) is 0 Å². The smallest absolute Gasteiger partial charge is 0.294 e. The molecule has 0 aromatic heterocycles. The van der Waals surface area contributed by atoms with Crippen molar-refractivity contribution >= 4 is 29.1 Å². The highest BCUT2D eigenvalue weighted by molar-refractivity contribution is 7.80. The Hall–Kier alpha value is -0.970. The van der Waals surface area contributed by atoms with Crippen LogP contribution in [0.4, 0.5) is 0 Å². The predicted molar refractivity (Wildman–Crippen MR) is 33.5 cm³/mol. The lowest BCUT2D eigenvalue weighted by molar-refractivity contribution is -0.139. The van der Waals surface area contributed by atoms with Crippen LogP contribution in [0.1, 0.15) is 0 Å². The molecule has 1 heterocycles. The van der Waals surface area contributed by atoms with E-state index in [1.807, 2.05) is 0 Å². The van der Waals surface area contributed by atoms with Gasteiger partial charge < -0.3 is 0 Å². The summed E-state index contributed by atoms with van der Waals surface area (Å²) in [7, 11) is 1.45. The standard InChI is InChI=1S/C4H4N2O2S/c1-6-3(8)2(7)5-4(6)9/h1H3,(H,5,7,9). The minimum atomic E-state index is -0.650. The largest absolute Gasteiger partial charge is 0.318 e. The van der Waals surface area contributed by atoms with Crippen molar-refractivity contribution in [1.82, 2.24) is 10.2 Å². The zero-order valence-corrected chi connectivity index (χ0v) is 5.49. The zero-order valence-electron chi connectivity index (χ0n) is 4.67. The van der Waals surface area contributed by atoms with Crippen LogP contribution < -0.4 is 5.32 Å². The Morgan fingerprint density at radius 3 is 2.22 bits per heavy atom. The second-order valence-corrected chi connectivity index (χ2v) is 2.01. The van der Waals surface area contributed by atoms with E-state index in [1.165, 1.54) is 7.05 Å². The molecule has 1 rings (SSSR count). The highest BCUT2D eigenvalue weighted by Crippen LogP contribution is 1.94. The first kappa shape index (κ1) is 6.15. The molecule has 1 aliphatic heterocycles. The molecule has 0 saturated carbocycles. The highest BCUT2D eigenvalue weighted by atomic mass is 32.1. The fourth-order valence-electron chi connectivity index (χ4n) is 0.479. The molecule has 5 heteroatoms. The topological polar surface area (TPSA) is 49.4 Å². The molecule has 2 amide bonds. The van der Waals surface area contributed by atoms with Gasteiger partial charge in [-0.3, -0.25) is 19.8 Å². The molecule has 0 aromatic rings. The summed E-state index contributed by atoms with van der Waals surface area (Å²) in [5.74, 6) is -1.25. The summed E-state index contributed by atoms with van der Waals surface area (Å²) < 4.78 is 0. The summed E-state index contributed by atoms with van der Waals surface area (Å²) >= 11 is 4.57. The van der Waals surface area contributed by atoms with Crippen LogP contribution >= 0.6 is 12.2 Å². The van der Waals surface area contributed by atoms with Gasteiger partial charge in [-0.15, -0.1) is 0 Å². The van der Waals surface area contributed by atoms with Crippen molar-refractivity contribution < 1.29 is 9.59 Å². The predicted octanol–water partition coefficient (Wildman–Crippen LogP) is -1.14. The van der Waals surface area contributed by atoms with Crippen molar-refractivity contribution in [3.8, 4) is 0 Å². The van der Waals surface area contributed by atoms with Gasteiger partial charge in [0.1, 0.15) is 0 Å². The average molecular weight is 144 g/mol. The van der Waals surface area contributed by atoms with Gasteiger partial charge in [0, 0.05) is 7.05 Å². The van der Waals surface area contributed by atoms with Crippen molar-refractivity contribution in [2.45, 2.75) is 0 Å². The molecule has 0 aliphatic carbocycles. The summed E-state index contributed by atoms with van der Waals surface area (Å²) in [5, 5.41) is 2.36. The number of carbonyl (C=O) groups excluding carboxylic acids is 2. The van der Waals surface area contributed by atoms with Crippen molar-refractivity contribution in [3.63, 3.8) is 0 Å². The second-order valence-electron chi connectivity index (χ2n) is 1.62. The Morgan fingerprint density at radius 1 is 1.56 bits per heavy atom. The van der Waals surface area contributed by atoms with Crippen LogP contribution in [0, 0.1) is 0 Å². The SMILES string of the molecule is CN1C(=O)C(=O)NC1=S. The first-order valence-electron chi connectivity index (χ1n) is 2.26. The van der Waals surface area contributed by atoms with Crippen molar-refractivity contribution in [2.75, 3.05) is 7.05 Å². The summed E-state index contributed by atoms with van der Waals surface area (Å²) in [6, 6.07) is 0. The van der Waals surface area contributed by atoms with E-state index in [-0.39, 0.29) is 5.11 Å². The minimum Gasteiger partial charge on any atom is -0.294 e. The number of thiocarbonyl (C=S) groups is 1. The fraction of sp³-hybridized carbons (Fsp3) is 0.250. The normalized spacial score (nSPS) is 18.8. The lowest BCUT2D eigenvalue weighted by Crippen LogP contribution is -2.25. The lowest BCUT2D eigenvalue weighted by atomic mass is 10.6. The second kappa shape index (κ2) is 1.77. The number of nitrogens with one attached hydrogen (secondary N) is 1. The third kappa shape index (κ3) is 0.787. The number of nitrogens with zero attached hydrogens (tertiary/aromatic N) is 1. The Balaban J connectivity index is 2.90. The fourth-order valence-corrected chi connectivity index (χ4v) is 0.655. The van der Waals surface area contributed by atoms with E-state index in [0.717, 1.165) is 4.90 Å². The first-order chi connectivity index (χ1) is 4.13. The van der Waals surface area contributed by atoms with E-state index in [0.29, 0.717) is 0 Å². The van der Waals surface area contributed by atoms with Gasteiger partial charge >= 0.3 is 11.8 Å². The van der Waals surface area contributed by atoms with Crippen LogP contribution in [0.2, 0.25) is 0 Å². The minimum absolute atomic E-state index is 0.171. The summed E-state index contributed by atoms with van der Waals surface area (Å²) in [6.07, 6.45) is 0. The monoisotopic (exact) mass is 144 g/mol. The molecular formula is C4H4N2O2S. The van der Waals surface area contributed by atoms with E-state index in [4.69, 9.17) is 0 Å². The van der Waals surface area contributed by atoms with E-state index in [2.05, 4.69) is 17.5 Å². The van der Waals surface area contributed by atoms with Crippen LogP contribution in [-0.4, -0.2) is 28.9 Å². The molecule has 0 unspecified atom stereocenters. The molecule has 48 valence electrons. The van der Waals surface area contributed by atoms with Crippen molar-refractivity contribution in [3.05, 3.63) is 0 Å². The average Bonchev–Trinajstić information content (AvgIpc) is 1.98. The Morgan fingerprint density at radius 2 is 2.11 bits per heavy atom. The van der Waals surface area contributed by atoms with Gasteiger partial charge in [-0.25, -0.2) is 0 Å². The van der Waals surface area contributed by atoms with Gasteiger partial charge in [-0.05, 0) is 12.2 Å². The molecule has 0 bridgehead atoms. The quantitative estimate of drug-likeness (QED) is 0.345. The molecular weight excluding hydrogens is 140 g/mol. The number of carbonyl (C=O) groups is 2. The third-order valence-electron chi connectivity index (χ3n) is 1.02. The van der Waals surface area contributed by atoms with E-state index in [9.17, 15) is 9.59 Å². The van der Waals surface area contributed by atoms with Crippen molar-refractivity contribution in [1.29, 1.82) is 0 Å². The molecule has 9 heavy (non-hydrogen) atoms. The van der Waals surface area contributed by atoms with E-state index >= 15 is 0 Å².